The average Bonchev–Trinajstić information content (AvgIpc) is 2.87. The molecule has 1 aliphatic rings. The van der Waals surface area contributed by atoms with E-state index in [1.54, 1.807) is 0 Å². The molecule has 0 unspecified atom stereocenters. The van der Waals surface area contributed by atoms with Crippen molar-refractivity contribution in [3.63, 3.8) is 0 Å². The number of benzene rings is 1. The van der Waals surface area contributed by atoms with Gasteiger partial charge in [0, 0.05) is 6.54 Å². The molecule has 0 bridgehead atoms. The number of halogens is 1. The summed E-state index contributed by atoms with van der Waals surface area (Å²) in [7, 11) is -3.70. The molecule has 1 aliphatic heterocycles. The van der Waals surface area contributed by atoms with E-state index in [9.17, 15) is 17.9 Å². The Morgan fingerprint density at radius 1 is 1.29 bits per heavy atom. The maximum Gasteiger partial charge on any atom is 0.243 e. The van der Waals surface area contributed by atoms with Gasteiger partial charge in [-0.15, -0.1) is 0 Å². The first-order valence-electron chi connectivity index (χ1n) is 7.09. The molecular weight excluding hydrogens is 293 g/mol. The van der Waals surface area contributed by atoms with Gasteiger partial charge in [-0.1, -0.05) is 20.8 Å². The molecule has 21 heavy (non-hydrogen) atoms. The summed E-state index contributed by atoms with van der Waals surface area (Å²) in [5.74, 6) is -0.471. The quantitative estimate of drug-likeness (QED) is 0.932. The Balaban J connectivity index is 2.33. The fourth-order valence-electron chi connectivity index (χ4n) is 2.70. The molecule has 0 radical (unpaired) electrons. The topological polar surface area (TPSA) is 57.6 Å². The molecule has 2 atom stereocenters. The highest BCUT2D eigenvalue weighted by Crippen LogP contribution is 2.34. The van der Waals surface area contributed by atoms with Crippen LogP contribution in [0.3, 0.4) is 0 Å². The van der Waals surface area contributed by atoms with Crippen molar-refractivity contribution < 1.29 is 17.9 Å². The number of sulfonamides is 1. The Hall–Kier alpha value is -0.980. The van der Waals surface area contributed by atoms with Gasteiger partial charge in [0.1, 0.15) is 5.82 Å². The highest BCUT2D eigenvalue weighted by molar-refractivity contribution is 7.89. The maximum absolute atomic E-state index is 13.0. The van der Waals surface area contributed by atoms with E-state index in [0.29, 0.717) is 13.0 Å². The van der Waals surface area contributed by atoms with E-state index in [1.165, 1.54) is 16.4 Å². The van der Waals surface area contributed by atoms with Crippen molar-refractivity contribution in [1.82, 2.24) is 4.31 Å². The molecule has 0 amide bonds. The van der Waals surface area contributed by atoms with Gasteiger partial charge in [0.05, 0.1) is 17.0 Å². The molecule has 118 valence electrons. The molecule has 0 aromatic heterocycles. The van der Waals surface area contributed by atoms with Crippen molar-refractivity contribution in [2.75, 3.05) is 6.54 Å². The third kappa shape index (κ3) is 3.27. The standard InChI is InChI=1S/C15H22FNO3S/c1-15(2,3)14(18)13-5-4-10-17(13)21(19,20)12-8-6-11(16)7-9-12/h6-9,13-14,18H,4-5,10H2,1-3H3/t13-,14+/m0/s1. The van der Waals surface area contributed by atoms with Crippen LogP contribution in [0.25, 0.3) is 0 Å². The van der Waals surface area contributed by atoms with Crippen LogP contribution in [0.2, 0.25) is 0 Å². The van der Waals surface area contributed by atoms with Crippen LogP contribution in [-0.2, 0) is 10.0 Å². The van der Waals surface area contributed by atoms with Crippen LogP contribution < -0.4 is 0 Å². The highest BCUT2D eigenvalue weighted by Gasteiger charge is 2.42. The molecule has 4 nitrogen and oxygen atoms in total. The van der Waals surface area contributed by atoms with Crippen molar-refractivity contribution in [3.8, 4) is 0 Å². The molecule has 0 spiro atoms. The monoisotopic (exact) mass is 315 g/mol. The molecule has 0 aliphatic carbocycles. The zero-order valence-electron chi connectivity index (χ0n) is 12.6. The minimum atomic E-state index is -3.70. The van der Waals surface area contributed by atoms with E-state index < -0.39 is 33.4 Å². The summed E-state index contributed by atoms with van der Waals surface area (Å²) in [6.07, 6.45) is 0.618. The molecule has 1 fully saturated rings. The van der Waals surface area contributed by atoms with E-state index in [4.69, 9.17) is 0 Å². The molecule has 1 aromatic carbocycles. The van der Waals surface area contributed by atoms with Gasteiger partial charge in [0.15, 0.2) is 0 Å². The van der Waals surface area contributed by atoms with E-state index in [2.05, 4.69) is 0 Å². The van der Waals surface area contributed by atoms with Gasteiger partial charge in [0.2, 0.25) is 10.0 Å². The second-order valence-corrected chi connectivity index (χ2v) is 8.48. The molecule has 0 saturated carbocycles. The lowest BCUT2D eigenvalue weighted by molar-refractivity contribution is 0.0156. The number of aliphatic hydroxyl groups excluding tert-OH is 1. The zero-order chi connectivity index (χ0) is 15.8. The summed E-state index contributed by atoms with van der Waals surface area (Å²) in [5, 5.41) is 10.4. The van der Waals surface area contributed by atoms with Crippen LogP contribution in [-0.4, -0.2) is 36.5 Å². The van der Waals surface area contributed by atoms with Gasteiger partial charge >= 0.3 is 0 Å². The smallest absolute Gasteiger partial charge is 0.243 e. The lowest BCUT2D eigenvalue weighted by Crippen LogP contribution is -2.47. The van der Waals surface area contributed by atoms with Gasteiger partial charge in [-0.25, -0.2) is 12.8 Å². The Kier molecular flexibility index (Phi) is 4.42. The minimum Gasteiger partial charge on any atom is -0.391 e. The Morgan fingerprint density at radius 3 is 2.38 bits per heavy atom. The number of aliphatic hydroxyl groups is 1. The molecule has 1 N–H and O–H groups in total. The maximum atomic E-state index is 13.0. The summed E-state index contributed by atoms with van der Waals surface area (Å²) in [6.45, 7) is 6.05. The van der Waals surface area contributed by atoms with E-state index in [1.807, 2.05) is 20.8 Å². The average molecular weight is 315 g/mol. The van der Waals surface area contributed by atoms with E-state index in [0.717, 1.165) is 18.6 Å². The van der Waals surface area contributed by atoms with Gasteiger partial charge in [-0.3, -0.25) is 0 Å². The number of hydrogen-bond donors (Lipinski definition) is 1. The third-order valence-corrected chi connectivity index (χ3v) is 5.86. The Bertz CT molecular complexity index is 592. The number of nitrogens with zero attached hydrogens (tertiary/aromatic N) is 1. The van der Waals surface area contributed by atoms with Crippen molar-refractivity contribution >= 4 is 10.0 Å². The lowest BCUT2D eigenvalue weighted by atomic mass is 9.84. The van der Waals surface area contributed by atoms with Crippen LogP contribution >= 0.6 is 0 Å². The summed E-state index contributed by atoms with van der Waals surface area (Å²) < 4.78 is 39.7. The highest BCUT2D eigenvalue weighted by atomic mass is 32.2. The fourth-order valence-corrected chi connectivity index (χ4v) is 4.40. The summed E-state index contributed by atoms with van der Waals surface area (Å²) in [5.41, 5.74) is -0.397. The van der Waals surface area contributed by atoms with Crippen LogP contribution in [0.15, 0.2) is 29.2 Å². The van der Waals surface area contributed by atoms with E-state index >= 15 is 0 Å². The predicted octanol–water partition coefficient (Wildman–Crippen LogP) is 2.39. The van der Waals surface area contributed by atoms with Crippen molar-refractivity contribution in [1.29, 1.82) is 0 Å². The first-order chi connectivity index (χ1) is 9.64. The lowest BCUT2D eigenvalue weighted by Gasteiger charge is -2.35. The van der Waals surface area contributed by atoms with Crippen LogP contribution in [0, 0.1) is 11.2 Å². The zero-order valence-corrected chi connectivity index (χ0v) is 13.4. The van der Waals surface area contributed by atoms with Crippen molar-refractivity contribution in [2.24, 2.45) is 5.41 Å². The first kappa shape index (κ1) is 16.4. The molecule has 1 aromatic rings. The predicted molar refractivity (Wildman–Crippen MR) is 78.8 cm³/mol. The largest absolute Gasteiger partial charge is 0.391 e. The third-order valence-electron chi connectivity index (χ3n) is 3.92. The first-order valence-corrected chi connectivity index (χ1v) is 8.53. The SMILES string of the molecule is CC(C)(C)[C@H](O)[C@@H]1CCCN1S(=O)(=O)c1ccc(F)cc1. The normalized spacial score (nSPS) is 22.4. The second kappa shape index (κ2) is 5.66. The van der Waals surface area contributed by atoms with E-state index in [-0.39, 0.29) is 4.90 Å². The van der Waals surface area contributed by atoms with Gasteiger partial charge in [0.25, 0.3) is 0 Å². The van der Waals surface area contributed by atoms with Crippen LogP contribution in [0.1, 0.15) is 33.6 Å². The Labute approximate surface area is 125 Å². The molecule has 1 heterocycles. The fraction of sp³-hybridized carbons (Fsp3) is 0.600. The molecule has 2 rings (SSSR count). The van der Waals surface area contributed by atoms with Gasteiger partial charge in [-0.2, -0.15) is 4.31 Å². The molecular formula is C15H22FNO3S. The number of rotatable bonds is 3. The second-order valence-electron chi connectivity index (χ2n) is 6.59. The summed E-state index contributed by atoms with van der Waals surface area (Å²) in [6, 6.07) is 4.38. The van der Waals surface area contributed by atoms with Gasteiger partial charge < -0.3 is 5.11 Å². The van der Waals surface area contributed by atoms with Crippen molar-refractivity contribution in [2.45, 2.75) is 50.7 Å². The Morgan fingerprint density at radius 2 is 1.86 bits per heavy atom. The molecule has 6 heteroatoms. The van der Waals surface area contributed by atoms with Gasteiger partial charge in [-0.05, 0) is 42.5 Å². The van der Waals surface area contributed by atoms with Crippen LogP contribution in [0.4, 0.5) is 4.39 Å². The summed E-state index contributed by atoms with van der Waals surface area (Å²) >= 11 is 0. The summed E-state index contributed by atoms with van der Waals surface area (Å²) in [4.78, 5) is 0.0666. The number of hydrogen-bond acceptors (Lipinski definition) is 3. The van der Waals surface area contributed by atoms with Crippen molar-refractivity contribution in [3.05, 3.63) is 30.1 Å². The minimum absolute atomic E-state index is 0.0666. The van der Waals surface area contributed by atoms with Crippen LogP contribution in [0.5, 0.6) is 0 Å². The molecule has 1 saturated heterocycles.